The third-order valence-corrected chi connectivity index (χ3v) is 5.51. The van der Waals surface area contributed by atoms with E-state index in [1.165, 1.54) is 25.1 Å². The lowest BCUT2D eigenvalue weighted by Gasteiger charge is -2.10. The summed E-state index contributed by atoms with van der Waals surface area (Å²) in [6.07, 6.45) is 0. The zero-order valence-corrected chi connectivity index (χ0v) is 14.2. The second kappa shape index (κ2) is 6.52. The van der Waals surface area contributed by atoms with Crippen LogP contribution in [0.2, 0.25) is 0 Å². The molecule has 1 aromatic heterocycles. The molecule has 7 heteroatoms. The van der Waals surface area contributed by atoms with Gasteiger partial charge >= 0.3 is 5.63 Å². The van der Waals surface area contributed by atoms with Gasteiger partial charge in [0.05, 0.1) is 16.2 Å². The fourth-order valence-electron chi connectivity index (χ4n) is 2.43. The summed E-state index contributed by atoms with van der Waals surface area (Å²) >= 11 is 0. The average Bonchev–Trinajstić information content (AvgIpc) is 2.62. The van der Waals surface area contributed by atoms with Crippen LogP contribution >= 0.6 is 0 Å². The molecule has 3 rings (SSSR count). The molecule has 0 bridgehead atoms. The number of carbonyl (C=O) groups is 1. The van der Waals surface area contributed by atoms with Gasteiger partial charge in [-0.05, 0) is 36.4 Å². The first-order chi connectivity index (χ1) is 11.9. The SMILES string of the molecule is CCS(=O)(=O)c1ccccc1C(=O)Nc1ccc2oc(=O)ccc2c1. The van der Waals surface area contributed by atoms with Crippen LogP contribution in [-0.2, 0) is 9.84 Å². The van der Waals surface area contributed by atoms with E-state index in [1.54, 1.807) is 36.4 Å². The van der Waals surface area contributed by atoms with Crippen LogP contribution in [0, 0.1) is 0 Å². The summed E-state index contributed by atoms with van der Waals surface area (Å²) in [6, 6.07) is 13.8. The Morgan fingerprint density at radius 3 is 2.60 bits per heavy atom. The monoisotopic (exact) mass is 357 g/mol. The van der Waals surface area contributed by atoms with Crippen molar-refractivity contribution in [1.29, 1.82) is 0 Å². The molecule has 128 valence electrons. The van der Waals surface area contributed by atoms with Crippen molar-refractivity contribution < 1.29 is 17.6 Å². The van der Waals surface area contributed by atoms with Gasteiger partial charge in [0, 0.05) is 17.1 Å². The van der Waals surface area contributed by atoms with E-state index in [4.69, 9.17) is 4.42 Å². The van der Waals surface area contributed by atoms with E-state index in [9.17, 15) is 18.0 Å². The van der Waals surface area contributed by atoms with Crippen LogP contribution in [0.3, 0.4) is 0 Å². The van der Waals surface area contributed by atoms with Crippen LogP contribution in [0.4, 0.5) is 5.69 Å². The Morgan fingerprint density at radius 1 is 1.08 bits per heavy atom. The standard InChI is InChI=1S/C18H15NO5S/c1-2-25(22,23)16-6-4-3-5-14(16)18(21)19-13-8-9-15-12(11-13)7-10-17(20)24-15/h3-11H,2H2,1H3,(H,19,21). The Morgan fingerprint density at radius 2 is 1.84 bits per heavy atom. The van der Waals surface area contributed by atoms with E-state index < -0.39 is 21.4 Å². The maximum atomic E-state index is 12.5. The molecule has 0 atom stereocenters. The first kappa shape index (κ1) is 16.9. The number of anilines is 1. The molecule has 3 aromatic rings. The molecule has 0 unspecified atom stereocenters. The van der Waals surface area contributed by atoms with Crippen LogP contribution in [0.5, 0.6) is 0 Å². The number of fused-ring (bicyclic) bond motifs is 1. The molecule has 0 aliphatic heterocycles. The highest BCUT2D eigenvalue weighted by atomic mass is 32.2. The van der Waals surface area contributed by atoms with Gasteiger partial charge < -0.3 is 9.73 Å². The number of sulfone groups is 1. The van der Waals surface area contributed by atoms with Crippen molar-refractivity contribution in [2.75, 3.05) is 11.1 Å². The number of rotatable bonds is 4. The van der Waals surface area contributed by atoms with Crippen molar-refractivity contribution >= 4 is 32.4 Å². The van der Waals surface area contributed by atoms with E-state index >= 15 is 0 Å². The highest BCUT2D eigenvalue weighted by Gasteiger charge is 2.20. The van der Waals surface area contributed by atoms with E-state index in [1.807, 2.05) is 0 Å². The van der Waals surface area contributed by atoms with Gasteiger partial charge in [-0.25, -0.2) is 13.2 Å². The summed E-state index contributed by atoms with van der Waals surface area (Å²) < 4.78 is 29.4. The van der Waals surface area contributed by atoms with E-state index in [0.29, 0.717) is 16.7 Å². The number of carbonyl (C=O) groups excluding carboxylic acids is 1. The molecule has 0 saturated carbocycles. The smallest absolute Gasteiger partial charge is 0.336 e. The van der Waals surface area contributed by atoms with Crippen LogP contribution in [-0.4, -0.2) is 20.1 Å². The molecule has 0 spiro atoms. The number of hydrogen-bond acceptors (Lipinski definition) is 5. The average molecular weight is 357 g/mol. The van der Waals surface area contributed by atoms with Gasteiger partial charge in [0.1, 0.15) is 5.58 Å². The van der Waals surface area contributed by atoms with Crippen molar-refractivity contribution in [3.63, 3.8) is 0 Å². The van der Waals surface area contributed by atoms with Gasteiger partial charge in [0.25, 0.3) is 5.91 Å². The fraction of sp³-hybridized carbons (Fsp3) is 0.111. The van der Waals surface area contributed by atoms with E-state index in [0.717, 1.165) is 0 Å². The molecule has 0 fully saturated rings. The zero-order chi connectivity index (χ0) is 18.0. The minimum atomic E-state index is -3.52. The molecule has 0 aliphatic rings. The minimum absolute atomic E-state index is 0.00165. The van der Waals surface area contributed by atoms with Crippen LogP contribution in [0.1, 0.15) is 17.3 Å². The van der Waals surface area contributed by atoms with Crippen molar-refractivity contribution in [3.05, 3.63) is 70.6 Å². The number of nitrogens with one attached hydrogen (secondary N) is 1. The summed E-state index contributed by atoms with van der Waals surface area (Å²) in [4.78, 5) is 23.7. The highest BCUT2D eigenvalue weighted by molar-refractivity contribution is 7.91. The Kier molecular flexibility index (Phi) is 4.41. The molecule has 1 amide bonds. The number of hydrogen-bond donors (Lipinski definition) is 1. The van der Waals surface area contributed by atoms with Crippen LogP contribution in [0.15, 0.2) is 68.7 Å². The highest BCUT2D eigenvalue weighted by Crippen LogP contribution is 2.21. The second-order valence-corrected chi connectivity index (χ2v) is 7.61. The molecule has 0 aliphatic carbocycles. The van der Waals surface area contributed by atoms with E-state index in [-0.39, 0.29) is 16.2 Å². The predicted octanol–water partition coefficient (Wildman–Crippen LogP) is 2.84. The van der Waals surface area contributed by atoms with Crippen LogP contribution in [0.25, 0.3) is 11.0 Å². The summed E-state index contributed by atoms with van der Waals surface area (Å²) in [5, 5.41) is 3.32. The molecule has 25 heavy (non-hydrogen) atoms. The Labute approximate surface area is 144 Å². The van der Waals surface area contributed by atoms with Gasteiger partial charge in [-0.1, -0.05) is 19.1 Å². The van der Waals surface area contributed by atoms with Gasteiger partial charge in [0.2, 0.25) is 0 Å². The minimum Gasteiger partial charge on any atom is -0.423 e. The summed E-state index contributed by atoms with van der Waals surface area (Å²) in [6.45, 7) is 1.53. The lowest BCUT2D eigenvalue weighted by Crippen LogP contribution is -2.17. The Hall–Kier alpha value is -2.93. The largest absolute Gasteiger partial charge is 0.423 e. The maximum absolute atomic E-state index is 12.5. The third-order valence-electron chi connectivity index (χ3n) is 3.72. The lowest BCUT2D eigenvalue weighted by molar-refractivity contribution is 0.102. The van der Waals surface area contributed by atoms with Gasteiger partial charge in [-0.2, -0.15) is 0 Å². The van der Waals surface area contributed by atoms with Crippen molar-refractivity contribution in [2.24, 2.45) is 0 Å². The van der Waals surface area contributed by atoms with Crippen molar-refractivity contribution in [2.45, 2.75) is 11.8 Å². The molecule has 2 aromatic carbocycles. The molecule has 1 heterocycles. The molecule has 1 N–H and O–H groups in total. The van der Waals surface area contributed by atoms with Crippen LogP contribution < -0.4 is 10.9 Å². The quantitative estimate of drug-likeness (QED) is 0.725. The lowest BCUT2D eigenvalue weighted by atomic mass is 10.2. The summed E-state index contributed by atoms with van der Waals surface area (Å²) in [5.74, 6) is -0.615. The predicted molar refractivity (Wildman–Crippen MR) is 94.6 cm³/mol. The van der Waals surface area contributed by atoms with Crippen molar-refractivity contribution in [1.82, 2.24) is 0 Å². The number of benzene rings is 2. The Bertz CT molecular complexity index is 1120. The molecular weight excluding hydrogens is 342 g/mol. The first-order valence-corrected chi connectivity index (χ1v) is 9.23. The summed E-state index contributed by atoms with van der Waals surface area (Å²) in [7, 11) is -3.52. The maximum Gasteiger partial charge on any atom is 0.336 e. The third kappa shape index (κ3) is 3.46. The zero-order valence-electron chi connectivity index (χ0n) is 13.4. The fourth-order valence-corrected chi connectivity index (χ4v) is 3.52. The van der Waals surface area contributed by atoms with Gasteiger partial charge in [-0.3, -0.25) is 4.79 Å². The Balaban J connectivity index is 1.96. The summed E-state index contributed by atoms with van der Waals surface area (Å²) in [5.41, 5.74) is 0.501. The van der Waals surface area contributed by atoms with E-state index in [2.05, 4.69) is 5.32 Å². The molecule has 6 nitrogen and oxygen atoms in total. The molecule has 0 saturated heterocycles. The van der Waals surface area contributed by atoms with Gasteiger partial charge in [-0.15, -0.1) is 0 Å². The topological polar surface area (TPSA) is 93.4 Å². The molecule has 0 radical (unpaired) electrons. The molecular formula is C18H15NO5S. The number of amides is 1. The first-order valence-electron chi connectivity index (χ1n) is 7.58. The van der Waals surface area contributed by atoms with Crippen molar-refractivity contribution in [3.8, 4) is 0 Å². The normalized spacial score (nSPS) is 11.4. The second-order valence-electron chi connectivity index (χ2n) is 5.36. The van der Waals surface area contributed by atoms with Gasteiger partial charge in [0.15, 0.2) is 9.84 Å².